The van der Waals surface area contributed by atoms with E-state index in [9.17, 15) is 14.7 Å². The van der Waals surface area contributed by atoms with Crippen molar-refractivity contribution < 1.29 is 24.2 Å². The summed E-state index contributed by atoms with van der Waals surface area (Å²) in [5.74, 6) is -0.527. The van der Waals surface area contributed by atoms with Crippen LogP contribution in [-0.4, -0.2) is 72.0 Å². The summed E-state index contributed by atoms with van der Waals surface area (Å²) in [7, 11) is 3.90. The predicted octanol–water partition coefficient (Wildman–Crippen LogP) is 2.23. The lowest BCUT2D eigenvalue weighted by atomic mass is 9.98. The number of rotatable bonds is 6. The first-order chi connectivity index (χ1) is 15.0. The number of nitrogens with zero attached hydrogens (tertiary/aromatic N) is 3. The van der Waals surface area contributed by atoms with E-state index in [0.29, 0.717) is 48.9 Å². The van der Waals surface area contributed by atoms with Crippen molar-refractivity contribution in [3.8, 4) is 11.5 Å². The third-order valence-corrected chi connectivity index (χ3v) is 5.33. The van der Waals surface area contributed by atoms with E-state index in [0.717, 1.165) is 6.54 Å². The summed E-state index contributed by atoms with van der Waals surface area (Å²) in [5.41, 5.74) is 0.951. The molecule has 1 aromatic heterocycles. The molecule has 31 heavy (non-hydrogen) atoms. The molecule has 0 bridgehead atoms. The molecule has 0 saturated carbocycles. The van der Waals surface area contributed by atoms with Crippen LogP contribution in [0.15, 0.2) is 48.2 Å². The molecule has 1 amide bonds. The molecule has 1 fully saturated rings. The number of Topliss-reactive ketones (excluding diaryl/α,β-unsaturated/α-hetero) is 1. The van der Waals surface area contributed by atoms with E-state index >= 15 is 0 Å². The van der Waals surface area contributed by atoms with Gasteiger partial charge in [0.25, 0.3) is 11.7 Å². The lowest BCUT2D eigenvalue weighted by molar-refractivity contribution is -0.140. The number of aliphatic hydroxyl groups excluding tert-OH is 1. The van der Waals surface area contributed by atoms with Crippen molar-refractivity contribution in [2.75, 3.05) is 40.4 Å². The van der Waals surface area contributed by atoms with E-state index in [2.05, 4.69) is 4.98 Å². The molecule has 1 saturated heterocycles. The number of carbonyl (C=O) groups is 2. The van der Waals surface area contributed by atoms with Crippen LogP contribution in [0.4, 0.5) is 0 Å². The van der Waals surface area contributed by atoms with Gasteiger partial charge in [-0.3, -0.25) is 14.6 Å². The molecule has 0 radical (unpaired) electrons. The molecular formula is C23H25N3O5. The number of pyridine rings is 1. The van der Waals surface area contributed by atoms with Gasteiger partial charge in [-0.15, -0.1) is 0 Å². The van der Waals surface area contributed by atoms with Gasteiger partial charge in [0.1, 0.15) is 25.0 Å². The number of amides is 1. The molecule has 1 N–H and O–H groups in total. The molecule has 8 heteroatoms. The zero-order valence-corrected chi connectivity index (χ0v) is 17.6. The largest absolute Gasteiger partial charge is 0.507 e. The molecule has 162 valence electrons. The molecule has 0 spiro atoms. The van der Waals surface area contributed by atoms with Crippen LogP contribution in [-0.2, 0) is 9.59 Å². The molecule has 2 aromatic rings. The first kappa shape index (κ1) is 20.9. The Morgan fingerprint density at radius 3 is 2.65 bits per heavy atom. The van der Waals surface area contributed by atoms with Crippen LogP contribution in [0.25, 0.3) is 5.76 Å². The minimum Gasteiger partial charge on any atom is -0.507 e. The normalized spacial score (nSPS) is 19.8. The standard InChI is InChI=1S/C23H25N3O5/c1-25(2)10-5-11-26-20(16-6-3-4-9-24-16)19(22(28)23(26)29)21(27)15-7-8-17-18(14-15)31-13-12-30-17/h3-4,6-9,14,20,27H,5,10-13H2,1-2H3/b21-19+/t20-/m1/s1. The fraction of sp³-hybridized carbons (Fsp3) is 0.348. The Labute approximate surface area is 180 Å². The summed E-state index contributed by atoms with van der Waals surface area (Å²) in [6, 6.07) is 9.53. The van der Waals surface area contributed by atoms with Crippen LogP contribution in [0.5, 0.6) is 11.5 Å². The van der Waals surface area contributed by atoms with Crippen molar-refractivity contribution in [1.82, 2.24) is 14.8 Å². The second kappa shape index (κ2) is 8.77. The Morgan fingerprint density at radius 1 is 1.16 bits per heavy atom. The monoisotopic (exact) mass is 423 g/mol. The molecule has 2 aliphatic heterocycles. The highest BCUT2D eigenvalue weighted by Gasteiger charge is 2.46. The lowest BCUT2D eigenvalue weighted by Crippen LogP contribution is -2.32. The molecule has 4 rings (SSSR count). The van der Waals surface area contributed by atoms with E-state index in [4.69, 9.17) is 9.47 Å². The number of aromatic nitrogens is 1. The van der Waals surface area contributed by atoms with Gasteiger partial charge in [-0.2, -0.15) is 0 Å². The summed E-state index contributed by atoms with van der Waals surface area (Å²) in [4.78, 5) is 33.8. The van der Waals surface area contributed by atoms with Gasteiger partial charge in [0, 0.05) is 18.3 Å². The lowest BCUT2D eigenvalue weighted by Gasteiger charge is -2.25. The second-order valence-electron chi connectivity index (χ2n) is 7.76. The number of benzene rings is 1. The number of aliphatic hydroxyl groups is 1. The van der Waals surface area contributed by atoms with Crippen molar-refractivity contribution in [3.05, 3.63) is 59.4 Å². The molecule has 1 atom stereocenters. The fourth-order valence-electron chi connectivity index (χ4n) is 3.86. The zero-order valence-electron chi connectivity index (χ0n) is 17.6. The summed E-state index contributed by atoms with van der Waals surface area (Å²) < 4.78 is 11.1. The van der Waals surface area contributed by atoms with Gasteiger partial charge in [-0.1, -0.05) is 6.07 Å². The molecule has 3 heterocycles. The highest BCUT2D eigenvalue weighted by Crippen LogP contribution is 2.40. The van der Waals surface area contributed by atoms with Crippen LogP contribution in [0, 0.1) is 0 Å². The third kappa shape index (κ3) is 4.11. The maximum atomic E-state index is 13.0. The quantitative estimate of drug-likeness (QED) is 0.433. The Morgan fingerprint density at radius 2 is 1.94 bits per heavy atom. The number of ether oxygens (including phenoxy) is 2. The number of ketones is 1. The van der Waals surface area contributed by atoms with Crippen molar-refractivity contribution in [1.29, 1.82) is 0 Å². The Kier molecular flexibility index (Phi) is 5.90. The molecular weight excluding hydrogens is 398 g/mol. The van der Waals surface area contributed by atoms with E-state index in [1.807, 2.05) is 19.0 Å². The first-order valence-electron chi connectivity index (χ1n) is 10.2. The van der Waals surface area contributed by atoms with Crippen LogP contribution >= 0.6 is 0 Å². The molecule has 0 aliphatic carbocycles. The topological polar surface area (TPSA) is 92.2 Å². The minimum absolute atomic E-state index is 0.0326. The smallest absolute Gasteiger partial charge is 0.295 e. The molecule has 2 aliphatic rings. The van der Waals surface area contributed by atoms with Crippen molar-refractivity contribution in [2.45, 2.75) is 12.5 Å². The van der Waals surface area contributed by atoms with Gasteiger partial charge in [-0.25, -0.2) is 0 Å². The zero-order chi connectivity index (χ0) is 22.0. The van der Waals surface area contributed by atoms with Gasteiger partial charge < -0.3 is 24.4 Å². The van der Waals surface area contributed by atoms with E-state index in [-0.39, 0.29) is 11.3 Å². The maximum Gasteiger partial charge on any atom is 0.295 e. The van der Waals surface area contributed by atoms with E-state index in [1.54, 1.807) is 42.6 Å². The van der Waals surface area contributed by atoms with Gasteiger partial charge in [0.05, 0.1) is 11.3 Å². The van der Waals surface area contributed by atoms with Gasteiger partial charge in [0.15, 0.2) is 11.5 Å². The molecule has 8 nitrogen and oxygen atoms in total. The second-order valence-corrected chi connectivity index (χ2v) is 7.76. The molecule has 1 aromatic carbocycles. The third-order valence-electron chi connectivity index (χ3n) is 5.33. The minimum atomic E-state index is -0.753. The van der Waals surface area contributed by atoms with E-state index in [1.165, 1.54) is 4.90 Å². The number of likely N-dealkylation sites (tertiary alicyclic amines) is 1. The van der Waals surface area contributed by atoms with Crippen molar-refractivity contribution >= 4 is 17.4 Å². The SMILES string of the molecule is CN(C)CCCN1C(=O)C(=O)/C(=C(/O)c2ccc3c(c2)OCCO3)[C@H]1c1ccccn1. The predicted molar refractivity (Wildman–Crippen MR) is 114 cm³/mol. The summed E-state index contributed by atoms with van der Waals surface area (Å²) >= 11 is 0. The average molecular weight is 423 g/mol. The summed E-state index contributed by atoms with van der Waals surface area (Å²) in [5, 5.41) is 11.1. The Balaban J connectivity index is 1.76. The highest BCUT2D eigenvalue weighted by molar-refractivity contribution is 6.46. The van der Waals surface area contributed by atoms with Crippen LogP contribution in [0.3, 0.4) is 0 Å². The molecule has 0 unspecified atom stereocenters. The van der Waals surface area contributed by atoms with Gasteiger partial charge in [-0.05, 0) is 57.4 Å². The summed E-state index contributed by atoms with van der Waals surface area (Å²) in [6.07, 6.45) is 2.30. The first-order valence-corrected chi connectivity index (χ1v) is 10.2. The fourth-order valence-corrected chi connectivity index (χ4v) is 3.86. The summed E-state index contributed by atoms with van der Waals surface area (Å²) in [6.45, 7) is 2.00. The van der Waals surface area contributed by atoms with Crippen molar-refractivity contribution in [3.63, 3.8) is 0 Å². The number of carbonyl (C=O) groups excluding carboxylic acids is 2. The Bertz CT molecular complexity index is 1020. The van der Waals surface area contributed by atoms with Crippen LogP contribution in [0.2, 0.25) is 0 Å². The Hall–Kier alpha value is -3.39. The average Bonchev–Trinajstić information content (AvgIpc) is 3.03. The van der Waals surface area contributed by atoms with Gasteiger partial charge in [0.2, 0.25) is 0 Å². The van der Waals surface area contributed by atoms with Crippen LogP contribution < -0.4 is 9.47 Å². The number of fused-ring (bicyclic) bond motifs is 1. The highest BCUT2D eigenvalue weighted by atomic mass is 16.6. The van der Waals surface area contributed by atoms with Crippen LogP contribution in [0.1, 0.15) is 23.7 Å². The maximum absolute atomic E-state index is 13.0. The van der Waals surface area contributed by atoms with Crippen molar-refractivity contribution in [2.24, 2.45) is 0 Å². The number of hydrogen-bond donors (Lipinski definition) is 1. The number of hydrogen-bond acceptors (Lipinski definition) is 7. The van der Waals surface area contributed by atoms with Gasteiger partial charge >= 0.3 is 0 Å². The van der Waals surface area contributed by atoms with E-state index < -0.39 is 17.7 Å².